The van der Waals surface area contributed by atoms with Crippen LogP contribution in [0.15, 0.2) is 0 Å². The Hall–Kier alpha value is -0.0800. The highest BCUT2D eigenvalue weighted by atomic mass is 16.3. The molecule has 1 N–H and O–H groups in total. The number of nitrogens with zero attached hydrogens (tertiary/aromatic N) is 1. The van der Waals surface area contributed by atoms with Crippen molar-refractivity contribution in [2.75, 3.05) is 14.1 Å². The van der Waals surface area contributed by atoms with Crippen LogP contribution < -0.4 is 0 Å². The van der Waals surface area contributed by atoms with Crippen molar-refractivity contribution in [2.24, 2.45) is 11.8 Å². The molecule has 0 aromatic rings. The molecule has 0 spiro atoms. The molecule has 3 unspecified atom stereocenters. The third-order valence-corrected chi connectivity index (χ3v) is 6.26. The first-order valence-corrected chi connectivity index (χ1v) is 8.95. The molecule has 2 fully saturated rings. The van der Waals surface area contributed by atoms with Crippen molar-refractivity contribution in [1.82, 2.24) is 4.90 Å². The second kappa shape index (κ2) is 7.26. The molecule has 20 heavy (non-hydrogen) atoms. The van der Waals surface area contributed by atoms with Crippen LogP contribution in [0.1, 0.15) is 77.6 Å². The van der Waals surface area contributed by atoms with E-state index < -0.39 is 0 Å². The van der Waals surface area contributed by atoms with Crippen molar-refractivity contribution in [3.05, 3.63) is 0 Å². The predicted molar refractivity (Wildman–Crippen MR) is 85.9 cm³/mol. The number of hydrogen-bond donors (Lipinski definition) is 1. The Bertz CT molecular complexity index is 281. The third kappa shape index (κ3) is 3.39. The monoisotopic (exact) mass is 281 g/mol. The standard InChI is InChI=1S/C18H35NO/c1-4-15-10-9-11-16(14-15)17(20)18(19(2)3)12-7-5-6-8-13-18/h15-17,20H,4-14H2,1-3H3. The lowest BCUT2D eigenvalue weighted by atomic mass is 9.70. The van der Waals surface area contributed by atoms with Crippen molar-refractivity contribution >= 4 is 0 Å². The topological polar surface area (TPSA) is 23.5 Å². The summed E-state index contributed by atoms with van der Waals surface area (Å²) in [6, 6.07) is 0. The summed E-state index contributed by atoms with van der Waals surface area (Å²) in [4.78, 5) is 2.36. The SMILES string of the molecule is CCC1CCCC(C(O)C2(N(C)C)CCCCCC2)C1. The number of aliphatic hydroxyl groups is 1. The van der Waals surface area contributed by atoms with Crippen molar-refractivity contribution < 1.29 is 5.11 Å². The Morgan fingerprint density at radius 2 is 1.70 bits per heavy atom. The molecule has 0 bridgehead atoms. The number of likely N-dealkylation sites (N-methyl/N-ethyl adjacent to an activating group) is 1. The van der Waals surface area contributed by atoms with Gasteiger partial charge in [-0.25, -0.2) is 0 Å². The van der Waals surface area contributed by atoms with Crippen LogP contribution >= 0.6 is 0 Å². The molecule has 3 atom stereocenters. The maximum Gasteiger partial charge on any atom is 0.0751 e. The summed E-state index contributed by atoms with van der Waals surface area (Å²) in [7, 11) is 4.38. The van der Waals surface area contributed by atoms with Crippen LogP contribution in [-0.4, -0.2) is 35.7 Å². The highest BCUT2D eigenvalue weighted by Gasteiger charge is 2.44. The third-order valence-electron chi connectivity index (χ3n) is 6.26. The van der Waals surface area contributed by atoms with Gasteiger partial charge in [0.25, 0.3) is 0 Å². The smallest absolute Gasteiger partial charge is 0.0751 e. The summed E-state index contributed by atoms with van der Waals surface area (Å²) in [5.74, 6) is 1.39. The molecule has 0 heterocycles. The predicted octanol–water partition coefficient (Wildman–Crippen LogP) is 4.22. The highest BCUT2D eigenvalue weighted by molar-refractivity contribution is 4.99. The van der Waals surface area contributed by atoms with Gasteiger partial charge in [-0.05, 0) is 51.6 Å². The van der Waals surface area contributed by atoms with Crippen LogP contribution in [0.2, 0.25) is 0 Å². The molecule has 2 aliphatic rings. The van der Waals surface area contributed by atoms with E-state index in [0.29, 0.717) is 5.92 Å². The van der Waals surface area contributed by atoms with Gasteiger partial charge < -0.3 is 10.0 Å². The fourth-order valence-electron chi connectivity index (χ4n) is 4.78. The lowest BCUT2D eigenvalue weighted by Crippen LogP contribution is -2.56. The molecular formula is C18H35NO. The molecule has 0 aromatic heterocycles. The van der Waals surface area contributed by atoms with Gasteiger partial charge in [-0.3, -0.25) is 0 Å². The van der Waals surface area contributed by atoms with Gasteiger partial charge in [-0.15, -0.1) is 0 Å². The molecule has 2 rings (SSSR count). The summed E-state index contributed by atoms with van der Waals surface area (Å²) < 4.78 is 0. The average molecular weight is 281 g/mol. The first kappa shape index (κ1) is 16.3. The van der Waals surface area contributed by atoms with E-state index in [1.54, 1.807) is 0 Å². The van der Waals surface area contributed by atoms with Gasteiger partial charge in [0.1, 0.15) is 0 Å². The minimum Gasteiger partial charge on any atom is -0.391 e. The average Bonchev–Trinajstić information content (AvgIpc) is 2.73. The van der Waals surface area contributed by atoms with Crippen LogP contribution in [0.3, 0.4) is 0 Å². The van der Waals surface area contributed by atoms with Gasteiger partial charge in [-0.2, -0.15) is 0 Å². The van der Waals surface area contributed by atoms with E-state index >= 15 is 0 Å². The minimum absolute atomic E-state index is 0.0524. The highest BCUT2D eigenvalue weighted by Crippen LogP contribution is 2.42. The maximum absolute atomic E-state index is 11.2. The normalized spacial score (nSPS) is 32.9. The summed E-state index contributed by atoms with van der Waals surface area (Å²) in [6.45, 7) is 2.31. The van der Waals surface area contributed by atoms with Crippen LogP contribution in [0.5, 0.6) is 0 Å². The minimum atomic E-state index is -0.120. The molecule has 2 nitrogen and oxygen atoms in total. The Morgan fingerprint density at radius 3 is 2.25 bits per heavy atom. The van der Waals surface area contributed by atoms with E-state index in [9.17, 15) is 5.11 Å². The molecule has 0 aromatic carbocycles. The van der Waals surface area contributed by atoms with Crippen molar-refractivity contribution in [3.63, 3.8) is 0 Å². The molecular weight excluding hydrogens is 246 g/mol. The molecule has 0 amide bonds. The lowest BCUT2D eigenvalue weighted by molar-refractivity contribution is -0.0642. The number of hydrogen-bond acceptors (Lipinski definition) is 2. The van der Waals surface area contributed by atoms with Crippen LogP contribution in [0.25, 0.3) is 0 Å². The molecule has 2 heteroatoms. The van der Waals surface area contributed by atoms with Gasteiger partial charge in [0.2, 0.25) is 0 Å². The Balaban J connectivity index is 2.11. The molecule has 0 aliphatic heterocycles. The fraction of sp³-hybridized carbons (Fsp3) is 1.00. The van der Waals surface area contributed by atoms with E-state index in [4.69, 9.17) is 0 Å². The first-order chi connectivity index (χ1) is 9.60. The largest absolute Gasteiger partial charge is 0.391 e. The van der Waals surface area contributed by atoms with E-state index in [2.05, 4.69) is 25.9 Å². The number of aliphatic hydroxyl groups excluding tert-OH is 1. The molecule has 0 saturated heterocycles. The lowest BCUT2D eigenvalue weighted by Gasteiger charge is -2.48. The second-order valence-corrected chi connectivity index (χ2v) is 7.56. The second-order valence-electron chi connectivity index (χ2n) is 7.56. The van der Waals surface area contributed by atoms with E-state index in [1.807, 2.05) is 0 Å². The molecule has 2 saturated carbocycles. The quantitative estimate of drug-likeness (QED) is 0.780. The van der Waals surface area contributed by atoms with Gasteiger partial charge in [0.15, 0.2) is 0 Å². The zero-order valence-electron chi connectivity index (χ0n) is 13.9. The molecule has 2 aliphatic carbocycles. The summed E-state index contributed by atoms with van der Waals surface area (Å²) in [5.41, 5.74) is 0.0524. The van der Waals surface area contributed by atoms with Crippen LogP contribution in [-0.2, 0) is 0 Å². The van der Waals surface area contributed by atoms with Crippen molar-refractivity contribution in [3.8, 4) is 0 Å². The summed E-state index contributed by atoms with van der Waals surface area (Å²) in [5, 5.41) is 11.2. The molecule has 0 radical (unpaired) electrons. The maximum atomic E-state index is 11.2. The zero-order valence-corrected chi connectivity index (χ0v) is 13.9. The van der Waals surface area contributed by atoms with Gasteiger partial charge in [-0.1, -0.05) is 51.9 Å². The van der Waals surface area contributed by atoms with Crippen LogP contribution in [0.4, 0.5) is 0 Å². The van der Waals surface area contributed by atoms with Gasteiger partial charge in [0.05, 0.1) is 6.10 Å². The van der Waals surface area contributed by atoms with Gasteiger partial charge in [0, 0.05) is 5.54 Å². The Morgan fingerprint density at radius 1 is 1.05 bits per heavy atom. The Labute approximate surface area is 125 Å². The fourth-order valence-corrected chi connectivity index (χ4v) is 4.78. The van der Waals surface area contributed by atoms with Gasteiger partial charge >= 0.3 is 0 Å². The van der Waals surface area contributed by atoms with Crippen molar-refractivity contribution in [2.45, 2.75) is 89.2 Å². The van der Waals surface area contributed by atoms with Crippen molar-refractivity contribution in [1.29, 1.82) is 0 Å². The Kier molecular flexibility index (Phi) is 5.92. The summed E-state index contributed by atoms with van der Waals surface area (Å²) >= 11 is 0. The summed E-state index contributed by atoms with van der Waals surface area (Å²) in [6.07, 6.45) is 14.0. The molecule has 118 valence electrons. The zero-order chi connectivity index (χ0) is 14.6. The van der Waals surface area contributed by atoms with Crippen LogP contribution in [0, 0.1) is 11.8 Å². The van der Waals surface area contributed by atoms with E-state index in [-0.39, 0.29) is 11.6 Å². The number of rotatable bonds is 4. The van der Waals surface area contributed by atoms with E-state index in [0.717, 1.165) is 5.92 Å². The van der Waals surface area contributed by atoms with E-state index in [1.165, 1.54) is 70.6 Å². The first-order valence-electron chi connectivity index (χ1n) is 8.95.